The van der Waals surface area contributed by atoms with Crippen molar-refractivity contribution in [1.82, 2.24) is 9.91 Å². The Bertz CT molecular complexity index is 1010. The van der Waals surface area contributed by atoms with E-state index in [1.165, 1.54) is 49.5 Å². The number of halogens is 2. The predicted molar refractivity (Wildman–Crippen MR) is 105 cm³/mol. The van der Waals surface area contributed by atoms with Gasteiger partial charge in [-0.1, -0.05) is 24.3 Å². The fraction of sp³-hybridized carbons (Fsp3) is 0.238. The second-order valence-electron chi connectivity index (χ2n) is 6.90. The number of rotatable bonds is 6. The van der Waals surface area contributed by atoms with Crippen molar-refractivity contribution in [1.29, 1.82) is 0 Å². The number of carbonyl (C=O) groups excluding carboxylic acids is 3. The lowest BCUT2D eigenvalue weighted by Crippen LogP contribution is -2.44. The maximum atomic E-state index is 13.6. The number of nitrogens with two attached hydrogens (primary N) is 1. The lowest BCUT2D eigenvalue weighted by Gasteiger charge is -2.29. The van der Waals surface area contributed by atoms with Crippen molar-refractivity contribution in [3.05, 3.63) is 71.3 Å². The van der Waals surface area contributed by atoms with Crippen molar-refractivity contribution in [2.45, 2.75) is 25.4 Å². The summed E-state index contributed by atoms with van der Waals surface area (Å²) in [5.74, 6) is -2.67. The summed E-state index contributed by atoms with van der Waals surface area (Å²) in [4.78, 5) is 38.2. The number of amides is 3. The molecule has 1 aliphatic rings. The third-order valence-electron chi connectivity index (χ3n) is 4.74. The molecule has 1 unspecified atom stereocenters. The molecule has 1 atom stereocenters. The lowest BCUT2D eigenvalue weighted by atomic mass is 10.0. The SMILES string of the molecule is CN(C(=O)C1=NN(Cc2ccc(F)cc2)C(=O)CC1)C(C(N)=O)c1cccc(F)c1. The Kier molecular flexibility index (Phi) is 6.20. The quantitative estimate of drug-likeness (QED) is 0.784. The first-order chi connectivity index (χ1) is 14.3. The van der Waals surface area contributed by atoms with E-state index < -0.39 is 29.5 Å². The largest absolute Gasteiger partial charge is 0.368 e. The number of nitrogens with zero attached hydrogens (tertiary/aromatic N) is 3. The van der Waals surface area contributed by atoms with Gasteiger partial charge in [-0.25, -0.2) is 13.8 Å². The molecule has 1 heterocycles. The molecule has 3 amide bonds. The summed E-state index contributed by atoms with van der Waals surface area (Å²) < 4.78 is 26.7. The molecule has 0 fully saturated rings. The molecule has 0 bridgehead atoms. The monoisotopic (exact) mass is 414 g/mol. The number of primary amides is 1. The van der Waals surface area contributed by atoms with E-state index >= 15 is 0 Å². The van der Waals surface area contributed by atoms with Gasteiger partial charge in [-0.3, -0.25) is 14.4 Å². The van der Waals surface area contributed by atoms with Gasteiger partial charge in [0.25, 0.3) is 5.91 Å². The van der Waals surface area contributed by atoms with Gasteiger partial charge >= 0.3 is 0 Å². The zero-order chi connectivity index (χ0) is 21.8. The second-order valence-corrected chi connectivity index (χ2v) is 6.90. The van der Waals surface area contributed by atoms with Gasteiger partial charge in [-0.05, 0) is 35.4 Å². The van der Waals surface area contributed by atoms with Crippen LogP contribution in [0.2, 0.25) is 0 Å². The maximum absolute atomic E-state index is 13.6. The number of hydrogen-bond donors (Lipinski definition) is 1. The Hall–Kier alpha value is -3.62. The minimum atomic E-state index is -1.20. The molecule has 0 spiro atoms. The van der Waals surface area contributed by atoms with Gasteiger partial charge in [0.2, 0.25) is 11.8 Å². The zero-order valence-corrected chi connectivity index (χ0v) is 16.2. The Balaban J connectivity index is 1.83. The highest BCUT2D eigenvalue weighted by molar-refractivity contribution is 6.39. The summed E-state index contributed by atoms with van der Waals surface area (Å²) in [7, 11) is 1.37. The minimum Gasteiger partial charge on any atom is -0.368 e. The van der Waals surface area contributed by atoms with E-state index in [0.717, 1.165) is 16.0 Å². The van der Waals surface area contributed by atoms with Crippen LogP contribution in [0.5, 0.6) is 0 Å². The molecule has 0 aliphatic carbocycles. The molecule has 2 aromatic rings. The maximum Gasteiger partial charge on any atom is 0.270 e. The highest BCUT2D eigenvalue weighted by atomic mass is 19.1. The molecule has 7 nitrogen and oxygen atoms in total. The van der Waals surface area contributed by atoms with Crippen LogP contribution in [0.15, 0.2) is 53.6 Å². The predicted octanol–water partition coefficient (Wildman–Crippen LogP) is 2.13. The average molecular weight is 414 g/mol. The number of hydrogen-bond acceptors (Lipinski definition) is 4. The number of likely N-dealkylation sites (N-methyl/N-ethyl adjacent to an activating group) is 1. The third-order valence-corrected chi connectivity index (χ3v) is 4.74. The standard InChI is InChI=1S/C21H20F2N4O3/c1-26(19(20(24)29)14-3-2-4-16(23)11-14)21(30)17-9-10-18(28)27(25-17)12-13-5-7-15(22)8-6-13/h2-8,11,19H,9-10,12H2,1H3,(H2,24,29). The number of benzene rings is 2. The van der Waals surface area contributed by atoms with Crippen LogP contribution in [0.1, 0.15) is 30.0 Å². The van der Waals surface area contributed by atoms with E-state index in [1.807, 2.05) is 0 Å². The van der Waals surface area contributed by atoms with E-state index in [9.17, 15) is 23.2 Å². The molecular formula is C21H20F2N4O3. The van der Waals surface area contributed by atoms with Crippen molar-refractivity contribution < 1.29 is 23.2 Å². The van der Waals surface area contributed by atoms with Crippen molar-refractivity contribution in [2.75, 3.05) is 7.05 Å². The van der Waals surface area contributed by atoms with Crippen LogP contribution in [0, 0.1) is 11.6 Å². The number of hydrazone groups is 1. The Labute approximate surface area is 171 Å². The van der Waals surface area contributed by atoms with Gasteiger partial charge in [0.1, 0.15) is 23.4 Å². The molecule has 1 aliphatic heterocycles. The minimum absolute atomic E-state index is 0.0564. The first-order valence-electron chi connectivity index (χ1n) is 9.20. The van der Waals surface area contributed by atoms with E-state index in [1.54, 1.807) is 0 Å². The Morgan fingerprint density at radius 1 is 1.13 bits per heavy atom. The highest BCUT2D eigenvalue weighted by Crippen LogP contribution is 2.22. The molecule has 2 aromatic carbocycles. The van der Waals surface area contributed by atoms with E-state index in [2.05, 4.69) is 5.10 Å². The average Bonchev–Trinajstić information content (AvgIpc) is 2.70. The smallest absolute Gasteiger partial charge is 0.270 e. The molecule has 9 heteroatoms. The van der Waals surface area contributed by atoms with Crippen LogP contribution in [0.4, 0.5) is 8.78 Å². The first kappa shape index (κ1) is 21.1. The van der Waals surface area contributed by atoms with Crippen LogP contribution in [-0.4, -0.2) is 40.4 Å². The van der Waals surface area contributed by atoms with Crippen LogP contribution < -0.4 is 5.73 Å². The molecular weight excluding hydrogens is 394 g/mol. The molecule has 0 radical (unpaired) electrons. The van der Waals surface area contributed by atoms with Gasteiger partial charge in [-0.2, -0.15) is 5.10 Å². The fourth-order valence-electron chi connectivity index (χ4n) is 3.22. The molecule has 0 saturated heterocycles. The Morgan fingerprint density at radius 2 is 1.83 bits per heavy atom. The van der Waals surface area contributed by atoms with Gasteiger partial charge < -0.3 is 10.6 Å². The molecule has 30 heavy (non-hydrogen) atoms. The molecule has 0 aromatic heterocycles. The summed E-state index contributed by atoms with van der Waals surface area (Å²) in [5.41, 5.74) is 6.41. The zero-order valence-electron chi connectivity index (χ0n) is 16.2. The second kappa shape index (κ2) is 8.81. The third kappa shape index (κ3) is 4.68. The van der Waals surface area contributed by atoms with E-state index in [0.29, 0.717) is 5.56 Å². The van der Waals surface area contributed by atoms with E-state index in [-0.39, 0.29) is 36.6 Å². The summed E-state index contributed by atoms with van der Waals surface area (Å²) in [6.07, 6.45) is 0.150. The topological polar surface area (TPSA) is 96.1 Å². The van der Waals surface area contributed by atoms with Crippen molar-refractivity contribution in [3.8, 4) is 0 Å². The van der Waals surface area contributed by atoms with Gasteiger partial charge in [0.15, 0.2) is 0 Å². The molecule has 3 rings (SSSR count). The van der Waals surface area contributed by atoms with Gasteiger partial charge in [0.05, 0.1) is 6.54 Å². The van der Waals surface area contributed by atoms with Crippen molar-refractivity contribution in [2.24, 2.45) is 10.8 Å². The fourth-order valence-corrected chi connectivity index (χ4v) is 3.22. The highest BCUT2D eigenvalue weighted by Gasteiger charge is 2.32. The van der Waals surface area contributed by atoms with Crippen molar-refractivity contribution in [3.63, 3.8) is 0 Å². The van der Waals surface area contributed by atoms with Gasteiger partial charge in [-0.15, -0.1) is 0 Å². The number of carbonyl (C=O) groups is 3. The molecule has 0 saturated carbocycles. The van der Waals surface area contributed by atoms with E-state index in [4.69, 9.17) is 5.73 Å². The summed E-state index contributed by atoms with van der Waals surface area (Å²) in [6.45, 7) is 0.0722. The van der Waals surface area contributed by atoms with Gasteiger partial charge in [0, 0.05) is 19.9 Å². The van der Waals surface area contributed by atoms with Crippen LogP contribution in [0.3, 0.4) is 0 Å². The lowest BCUT2D eigenvalue weighted by molar-refractivity contribution is -0.135. The van der Waals surface area contributed by atoms with Crippen molar-refractivity contribution >= 4 is 23.4 Å². The normalized spacial score (nSPS) is 14.8. The summed E-state index contributed by atoms with van der Waals surface area (Å²) in [5, 5.41) is 5.28. The molecule has 2 N–H and O–H groups in total. The molecule has 156 valence electrons. The van der Waals surface area contributed by atoms with Crippen LogP contribution in [0.25, 0.3) is 0 Å². The van der Waals surface area contributed by atoms with Crippen LogP contribution >= 0.6 is 0 Å². The Morgan fingerprint density at radius 3 is 2.47 bits per heavy atom. The van der Waals surface area contributed by atoms with Crippen LogP contribution in [-0.2, 0) is 20.9 Å². The summed E-state index contributed by atoms with van der Waals surface area (Å²) in [6, 6.07) is 9.64. The first-order valence-corrected chi connectivity index (χ1v) is 9.20. The summed E-state index contributed by atoms with van der Waals surface area (Å²) >= 11 is 0.